The Morgan fingerprint density at radius 2 is 2.00 bits per heavy atom. The SMILES string of the molecule is COC[C@H](C)NS(=O)(=O)c1ccc(C(=O)NCCCN2CCCC[C@H]2C)cc1. The molecule has 2 N–H and O–H groups in total. The Morgan fingerprint density at radius 3 is 2.64 bits per heavy atom. The lowest BCUT2D eigenvalue weighted by Gasteiger charge is -2.33. The maximum Gasteiger partial charge on any atom is 0.251 e. The number of hydrogen-bond donors (Lipinski definition) is 2. The Morgan fingerprint density at radius 1 is 1.29 bits per heavy atom. The van der Waals surface area contributed by atoms with Gasteiger partial charge in [-0.15, -0.1) is 0 Å². The zero-order chi connectivity index (χ0) is 20.6. The molecule has 158 valence electrons. The summed E-state index contributed by atoms with van der Waals surface area (Å²) < 4.78 is 32.1. The van der Waals surface area contributed by atoms with Crippen molar-refractivity contribution in [1.29, 1.82) is 0 Å². The van der Waals surface area contributed by atoms with Crippen molar-refractivity contribution in [2.45, 2.75) is 56.5 Å². The number of carbonyl (C=O) groups is 1. The van der Waals surface area contributed by atoms with Crippen molar-refractivity contribution < 1.29 is 17.9 Å². The lowest BCUT2D eigenvalue weighted by atomic mass is 10.0. The summed E-state index contributed by atoms with van der Waals surface area (Å²) in [5.74, 6) is -0.184. The molecule has 1 heterocycles. The first kappa shape index (κ1) is 22.8. The van der Waals surface area contributed by atoms with Crippen molar-refractivity contribution in [2.24, 2.45) is 0 Å². The van der Waals surface area contributed by atoms with E-state index in [1.165, 1.54) is 50.6 Å². The number of methoxy groups -OCH3 is 1. The predicted molar refractivity (Wildman–Crippen MR) is 110 cm³/mol. The van der Waals surface area contributed by atoms with Gasteiger partial charge in [0.1, 0.15) is 0 Å². The van der Waals surface area contributed by atoms with Crippen LogP contribution in [0.25, 0.3) is 0 Å². The molecule has 0 unspecified atom stereocenters. The first-order valence-corrected chi connectivity index (χ1v) is 11.5. The van der Waals surface area contributed by atoms with Crippen LogP contribution >= 0.6 is 0 Å². The van der Waals surface area contributed by atoms with Gasteiger partial charge in [0.25, 0.3) is 5.91 Å². The van der Waals surface area contributed by atoms with Gasteiger partial charge in [0.2, 0.25) is 10.0 Å². The summed E-state index contributed by atoms with van der Waals surface area (Å²) >= 11 is 0. The van der Waals surface area contributed by atoms with Gasteiger partial charge in [-0.2, -0.15) is 0 Å². The number of amides is 1. The van der Waals surface area contributed by atoms with Crippen LogP contribution in [0.2, 0.25) is 0 Å². The van der Waals surface area contributed by atoms with E-state index < -0.39 is 10.0 Å². The van der Waals surface area contributed by atoms with Gasteiger partial charge in [0.15, 0.2) is 0 Å². The van der Waals surface area contributed by atoms with Crippen molar-refractivity contribution in [2.75, 3.05) is 33.4 Å². The highest BCUT2D eigenvalue weighted by Crippen LogP contribution is 2.16. The van der Waals surface area contributed by atoms with Crippen molar-refractivity contribution in [3.05, 3.63) is 29.8 Å². The summed E-state index contributed by atoms with van der Waals surface area (Å²) in [5.41, 5.74) is 0.454. The number of benzene rings is 1. The van der Waals surface area contributed by atoms with Gasteiger partial charge in [-0.1, -0.05) is 6.42 Å². The Hall–Kier alpha value is -1.48. The molecule has 0 radical (unpaired) electrons. The van der Waals surface area contributed by atoms with Crippen LogP contribution in [-0.4, -0.2) is 64.7 Å². The van der Waals surface area contributed by atoms with Gasteiger partial charge in [0, 0.05) is 37.8 Å². The van der Waals surface area contributed by atoms with E-state index in [0.29, 0.717) is 18.2 Å². The van der Waals surface area contributed by atoms with E-state index in [1.54, 1.807) is 6.92 Å². The number of hydrogen-bond acceptors (Lipinski definition) is 5. The van der Waals surface area contributed by atoms with Gasteiger partial charge in [-0.05, 0) is 63.9 Å². The molecule has 1 aromatic rings. The van der Waals surface area contributed by atoms with Gasteiger partial charge in [-0.3, -0.25) is 4.79 Å². The predicted octanol–water partition coefficient (Wildman–Crippen LogP) is 1.99. The molecular weight excluding hydrogens is 378 g/mol. The summed E-state index contributed by atoms with van der Waals surface area (Å²) in [4.78, 5) is 14.9. The summed E-state index contributed by atoms with van der Waals surface area (Å²) in [6.07, 6.45) is 4.72. The molecule has 7 nitrogen and oxygen atoms in total. The van der Waals surface area contributed by atoms with Gasteiger partial charge in [0.05, 0.1) is 11.5 Å². The van der Waals surface area contributed by atoms with Crippen LogP contribution < -0.4 is 10.0 Å². The number of ether oxygens (including phenoxy) is 1. The van der Waals surface area contributed by atoms with Crippen molar-refractivity contribution >= 4 is 15.9 Å². The molecule has 2 atom stereocenters. The smallest absolute Gasteiger partial charge is 0.251 e. The Bertz CT molecular complexity index is 721. The fraction of sp³-hybridized carbons (Fsp3) is 0.650. The fourth-order valence-corrected chi connectivity index (χ4v) is 4.71. The molecule has 1 amide bonds. The Balaban J connectivity index is 1.81. The maximum absolute atomic E-state index is 12.3. The topological polar surface area (TPSA) is 87.7 Å². The van der Waals surface area contributed by atoms with Crippen LogP contribution in [0.1, 0.15) is 49.9 Å². The van der Waals surface area contributed by atoms with Crippen molar-refractivity contribution in [3.63, 3.8) is 0 Å². The third-order valence-electron chi connectivity index (χ3n) is 5.05. The Kier molecular flexibility index (Phi) is 8.88. The standard InChI is InChI=1S/C20H33N3O4S/c1-16(15-27-3)22-28(25,26)19-10-8-18(9-11-19)20(24)21-12-6-14-23-13-5-4-7-17(23)2/h8-11,16-17,22H,4-7,12-15H2,1-3H3,(H,21,24)/t16-,17+/m0/s1. The first-order valence-electron chi connectivity index (χ1n) is 9.97. The lowest BCUT2D eigenvalue weighted by Crippen LogP contribution is -2.39. The number of carbonyl (C=O) groups excluding carboxylic acids is 1. The normalized spacial score (nSPS) is 19.3. The molecule has 2 rings (SSSR count). The summed E-state index contributed by atoms with van der Waals surface area (Å²) in [5, 5.41) is 2.91. The fourth-order valence-electron chi connectivity index (χ4n) is 3.48. The maximum atomic E-state index is 12.3. The zero-order valence-electron chi connectivity index (χ0n) is 17.1. The molecule has 1 aromatic carbocycles. The molecular formula is C20H33N3O4S. The largest absolute Gasteiger partial charge is 0.383 e. The van der Waals surface area contributed by atoms with Crippen LogP contribution in [0.3, 0.4) is 0 Å². The summed E-state index contributed by atoms with van der Waals surface area (Å²) in [7, 11) is -2.11. The van der Waals surface area contributed by atoms with Crippen molar-refractivity contribution in [1.82, 2.24) is 14.9 Å². The Labute approximate surface area is 168 Å². The van der Waals surface area contributed by atoms with Crippen LogP contribution in [0.5, 0.6) is 0 Å². The molecule has 8 heteroatoms. The van der Waals surface area contributed by atoms with E-state index >= 15 is 0 Å². The number of nitrogens with zero attached hydrogens (tertiary/aromatic N) is 1. The van der Waals surface area contributed by atoms with E-state index in [0.717, 1.165) is 19.5 Å². The molecule has 1 fully saturated rings. The molecule has 0 spiro atoms. The zero-order valence-corrected chi connectivity index (χ0v) is 17.9. The van der Waals surface area contributed by atoms with E-state index in [1.807, 2.05) is 0 Å². The minimum atomic E-state index is -3.63. The second-order valence-electron chi connectivity index (χ2n) is 7.49. The van der Waals surface area contributed by atoms with E-state index in [9.17, 15) is 13.2 Å². The van der Waals surface area contributed by atoms with E-state index in [2.05, 4.69) is 21.9 Å². The van der Waals surface area contributed by atoms with Crippen LogP contribution in [0.15, 0.2) is 29.2 Å². The highest BCUT2D eigenvalue weighted by atomic mass is 32.2. The van der Waals surface area contributed by atoms with E-state index in [4.69, 9.17) is 4.74 Å². The molecule has 0 aliphatic carbocycles. The monoisotopic (exact) mass is 411 g/mol. The van der Waals surface area contributed by atoms with E-state index in [-0.39, 0.29) is 23.5 Å². The molecule has 0 aromatic heterocycles. The minimum Gasteiger partial charge on any atom is -0.383 e. The van der Waals surface area contributed by atoms with Crippen LogP contribution in [0, 0.1) is 0 Å². The van der Waals surface area contributed by atoms with Gasteiger partial charge in [-0.25, -0.2) is 13.1 Å². The molecule has 0 bridgehead atoms. The average Bonchev–Trinajstić information content (AvgIpc) is 2.66. The quantitative estimate of drug-likeness (QED) is 0.575. The number of rotatable bonds is 10. The number of sulfonamides is 1. The number of nitrogens with one attached hydrogen (secondary N) is 2. The third kappa shape index (κ3) is 6.84. The van der Waals surface area contributed by atoms with Crippen LogP contribution in [-0.2, 0) is 14.8 Å². The second-order valence-corrected chi connectivity index (χ2v) is 9.21. The number of piperidine rings is 1. The molecule has 1 aliphatic rings. The highest BCUT2D eigenvalue weighted by molar-refractivity contribution is 7.89. The average molecular weight is 412 g/mol. The second kappa shape index (κ2) is 10.9. The molecule has 28 heavy (non-hydrogen) atoms. The van der Waals surface area contributed by atoms with Crippen LogP contribution in [0.4, 0.5) is 0 Å². The highest BCUT2D eigenvalue weighted by Gasteiger charge is 2.19. The summed E-state index contributed by atoms with van der Waals surface area (Å²) in [6.45, 7) is 7.02. The number of likely N-dealkylation sites (tertiary alicyclic amines) is 1. The van der Waals surface area contributed by atoms with Crippen molar-refractivity contribution in [3.8, 4) is 0 Å². The first-order chi connectivity index (χ1) is 13.3. The summed E-state index contributed by atoms with van der Waals surface area (Å²) in [6, 6.07) is 6.27. The molecule has 1 saturated heterocycles. The third-order valence-corrected chi connectivity index (χ3v) is 6.65. The van der Waals surface area contributed by atoms with Gasteiger partial charge < -0.3 is 15.0 Å². The minimum absolute atomic E-state index is 0.131. The lowest BCUT2D eigenvalue weighted by molar-refractivity contribution is 0.0948. The molecule has 0 saturated carbocycles. The van der Waals surface area contributed by atoms with Gasteiger partial charge >= 0.3 is 0 Å². The molecule has 1 aliphatic heterocycles.